The van der Waals surface area contributed by atoms with Crippen LogP contribution in [-0.4, -0.2) is 17.7 Å². The Labute approximate surface area is 93.8 Å². The van der Waals surface area contributed by atoms with Gasteiger partial charge in [0.25, 0.3) is 0 Å². The first-order valence-electron chi connectivity index (χ1n) is 5.20. The molecule has 0 bridgehead atoms. The van der Waals surface area contributed by atoms with E-state index in [2.05, 4.69) is 10.3 Å². The molecule has 88 valence electrons. The lowest BCUT2D eigenvalue weighted by molar-refractivity contribution is 0.159. The number of rotatable bonds is 4. The van der Waals surface area contributed by atoms with Crippen molar-refractivity contribution in [1.82, 2.24) is 4.98 Å². The average molecular weight is 226 g/mol. The van der Waals surface area contributed by atoms with E-state index in [1.54, 1.807) is 13.0 Å². The minimum atomic E-state index is -0.701. The lowest BCUT2D eigenvalue weighted by Crippen LogP contribution is -2.16. The van der Waals surface area contributed by atoms with Crippen molar-refractivity contribution in [3.63, 3.8) is 0 Å². The maximum atomic E-state index is 13.2. The minimum absolute atomic E-state index is 0.0731. The molecule has 0 saturated heterocycles. The highest BCUT2D eigenvalue weighted by Gasteiger charge is 2.10. The number of halogens is 1. The van der Waals surface area contributed by atoms with E-state index in [1.807, 2.05) is 6.92 Å². The first-order chi connectivity index (χ1) is 7.65. The summed E-state index contributed by atoms with van der Waals surface area (Å²) in [4.78, 5) is 14.7. The van der Waals surface area contributed by atoms with E-state index in [-0.39, 0.29) is 5.69 Å². The quantitative estimate of drug-likeness (QED) is 0.634. The maximum absolute atomic E-state index is 13.2. The number of hydrogen-bond acceptors (Lipinski definition) is 3. The zero-order valence-corrected chi connectivity index (χ0v) is 9.42. The van der Waals surface area contributed by atoms with Crippen LogP contribution < -0.4 is 5.32 Å². The third-order valence-corrected chi connectivity index (χ3v) is 2.07. The van der Waals surface area contributed by atoms with Gasteiger partial charge in [0, 0.05) is 6.20 Å². The summed E-state index contributed by atoms with van der Waals surface area (Å²) >= 11 is 0. The Hall–Kier alpha value is -1.65. The molecule has 0 spiro atoms. The van der Waals surface area contributed by atoms with Crippen molar-refractivity contribution in [3.05, 3.63) is 23.8 Å². The zero-order chi connectivity index (χ0) is 12.0. The maximum Gasteiger partial charge on any atom is 0.411 e. The van der Waals surface area contributed by atoms with Gasteiger partial charge in [-0.25, -0.2) is 9.78 Å². The summed E-state index contributed by atoms with van der Waals surface area (Å²) in [5, 5.41) is 2.34. The molecule has 0 unspecified atom stereocenters. The van der Waals surface area contributed by atoms with Crippen LogP contribution in [0.25, 0.3) is 0 Å². The summed E-state index contributed by atoms with van der Waals surface area (Å²) in [5.74, 6) is -0.701. The number of nitrogens with zero attached hydrogens (tertiary/aromatic N) is 1. The van der Waals surface area contributed by atoms with Crippen LogP contribution >= 0.6 is 0 Å². The molecule has 0 aliphatic heterocycles. The van der Waals surface area contributed by atoms with E-state index in [1.165, 1.54) is 6.20 Å². The van der Waals surface area contributed by atoms with Gasteiger partial charge in [-0.15, -0.1) is 0 Å². The second-order valence-electron chi connectivity index (χ2n) is 3.41. The molecule has 0 aliphatic carbocycles. The number of anilines is 1. The Morgan fingerprint density at radius 2 is 2.38 bits per heavy atom. The van der Waals surface area contributed by atoms with Crippen molar-refractivity contribution in [2.45, 2.75) is 26.7 Å². The van der Waals surface area contributed by atoms with Crippen molar-refractivity contribution in [3.8, 4) is 0 Å². The second kappa shape index (κ2) is 6.05. The molecular weight excluding hydrogens is 211 g/mol. The molecule has 0 aliphatic rings. The summed E-state index contributed by atoms with van der Waals surface area (Å²) in [5.41, 5.74) is 0.684. The Bertz CT molecular complexity index is 349. The van der Waals surface area contributed by atoms with E-state index in [0.717, 1.165) is 12.8 Å². The van der Waals surface area contributed by atoms with E-state index in [0.29, 0.717) is 12.2 Å². The summed E-state index contributed by atoms with van der Waals surface area (Å²) < 4.78 is 18.1. The van der Waals surface area contributed by atoms with E-state index in [4.69, 9.17) is 4.74 Å². The van der Waals surface area contributed by atoms with E-state index < -0.39 is 12.0 Å². The molecule has 0 radical (unpaired) electrons. The highest BCUT2D eigenvalue weighted by Crippen LogP contribution is 2.16. The number of aromatic nitrogens is 1. The SMILES string of the molecule is CCCCOC(=O)Nc1c(C)ccnc1F. The largest absolute Gasteiger partial charge is 0.449 e. The first-order valence-corrected chi connectivity index (χ1v) is 5.20. The minimum Gasteiger partial charge on any atom is -0.449 e. The first kappa shape index (κ1) is 12.4. The zero-order valence-electron chi connectivity index (χ0n) is 9.42. The number of carbonyl (C=O) groups is 1. The van der Waals surface area contributed by atoms with Gasteiger partial charge in [-0.2, -0.15) is 4.39 Å². The molecule has 16 heavy (non-hydrogen) atoms. The molecule has 0 aromatic carbocycles. The van der Waals surface area contributed by atoms with E-state index in [9.17, 15) is 9.18 Å². The van der Waals surface area contributed by atoms with Crippen molar-refractivity contribution in [1.29, 1.82) is 0 Å². The topological polar surface area (TPSA) is 51.2 Å². The number of hydrogen-bond donors (Lipinski definition) is 1. The van der Waals surface area contributed by atoms with Crippen LogP contribution in [0.1, 0.15) is 25.3 Å². The molecule has 0 atom stereocenters. The monoisotopic (exact) mass is 226 g/mol. The fourth-order valence-corrected chi connectivity index (χ4v) is 1.12. The number of pyridine rings is 1. The van der Waals surface area contributed by atoms with Gasteiger partial charge in [0.1, 0.15) is 5.69 Å². The molecular formula is C11H15FN2O2. The van der Waals surface area contributed by atoms with Gasteiger partial charge >= 0.3 is 6.09 Å². The Morgan fingerprint density at radius 1 is 1.62 bits per heavy atom. The third-order valence-electron chi connectivity index (χ3n) is 2.07. The lowest BCUT2D eigenvalue weighted by atomic mass is 10.2. The summed E-state index contributed by atoms with van der Waals surface area (Å²) in [7, 11) is 0. The standard InChI is InChI=1S/C11H15FN2O2/c1-3-4-7-16-11(15)14-9-8(2)5-6-13-10(9)12/h5-6H,3-4,7H2,1-2H3,(H,14,15). The Kier molecular flexibility index (Phi) is 4.69. The van der Waals surface area contributed by atoms with Crippen LogP contribution in [0.4, 0.5) is 14.9 Å². The smallest absolute Gasteiger partial charge is 0.411 e. The molecule has 1 aromatic rings. The molecule has 1 amide bonds. The van der Waals surface area contributed by atoms with Gasteiger partial charge in [-0.3, -0.25) is 5.32 Å². The van der Waals surface area contributed by atoms with Gasteiger partial charge < -0.3 is 4.74 Å². The molecule has 4 nitrogen and oxygen atoms in total. The lowest BCUT2D eigenvalue weighted by Gasteiger charge is -2.08. The second-order valence-corrected chi connectivity index (χ2v) is 3.41. The van der Waals surface area contributed by atoms with Crippen LogP contribution in [0.15, 0.2) is 12.3 Å². The number of unbranched alkanes of at least 4 members (excludes halogenated alkanes) is 1. The Morgan fingerprint density at radius 3 is 3.00 bits per heavy atom. The number of aryl methyl sites for hydroxylation is 1. The van der Waals surface area contributed by atoms with Crippen LogP contribution in [0.2, 0.25) is 0 Å². The van der Waals surface area contributed by atoms with Gasteiger partial charge in [-0.1, -0.05) is 13.3 Å². The molecule has 1 N–H and O–H groups in total. The number of ether oxygens (including phenoxy) is 1. The van der Waals surface area contributed by atoms with Gasteiger partial charge in [0.15, 0.2) is 0 Å². The highest BCUT2D eigenvalue weighted by atomic mass is 19.1. The van der Waals surface area contributed by atoms with E-state index >= 15 is 0 Å². The van der Waals surface area contributed by atoms with Crippen LogP contribution in [0.3, 0.4) is 0 Å². The van der Waals surface area contributed by atoms with Gasteiger partial charge in [0.2, 0.25) is 5.95 Å². The summed E-state index contributed by atoms with van der Waals surface area (Å²) in [6.45, 7) is 4.02. The molecule has 0 fully saturated rings. The molecule has 5 heteroatoms. The number of amides is 1. The van der Waals surface area contributed by atoms with Crippen molar-refractivity contribution >= 4 is 11.8 Å². The number of carbonyl (C=O) groups excluding carboxylic acids is 1. The van der Waals surface area contributed by atoms with Gasteiger partial charge in [-0.05, 0) is 25.0 Å². The van der Waals surface area contributed by atoms with Crippen molar-refractivity contribution < 1.29 is 13.9 Å². The fraction of sp³-hybridized carbons (Fsp3) is 0.455. The molecule has 1 rings (SSSR count). The third kappa shape index (κ3) is 3.49. The predicted molar refractivity (Wildman–Crippen MR) is 58.8 cm³/mol. The predicted octanol–water partition coefficient (Wildman–Crippen LogP) is 2.88. The molecule has 0 saturated carbocycles. The highest BCUT2D eigenvalue weighted by molar-refractivity contribution is 5.85. The van der Waals surface area contributed by atoms with Crippen LogP contribution in [-0.2, 0) is 4.74 Å². The molecule has 1 heterocycles. The molecule has 1 aromatic heterocycles. The van der Waals surface area contributed by atoms with Gasteiger partial charge in [0.05, 0.1) is 6.61 Å². The summed E-state index contributed by atoms with van der Waals surface area (Å²) in [6.07, 6.45) is 2.43. The van der Waals surface area contributed by atoms with Crippen LogP contribution in [0, 0.1) is 12.9 Å². The Balaban J connectivity index is 2.56. The van der Waals surface area contributed by atoms with Crippen molar-refractivity contribution in [2.24, 2.45) is 0 Å². The fourth-order valence-electron chi connectivity index (χ4n) is 1.12. The van der Waals surface area contributed by atoms with Crippen LogP contribution in [0.5, 0.6) is 0 Å². The normalized spacial score (nSPS) is 9.94. The average Bonchev–Trinajstić information content (AvgIpc) is 2.24. The van der Waals surface area contributed by atoms with Crippen molar-refractivity contribution in [2.75, 3.05) is 11.9 Å². The number of nitrogens with one attached hydrogen (secondary N) is 1. The summed E-state index contributed by atoms with van der Waals surface area (Å²) in [6, 6.07) is 1.62.